The van der Waals surface area contributed by atoms with Gasteiger partial charge in [0.25, 0.3) is 0 Å². The summed E-state index contributed by atoms with van der Waals surface area (Å²) in [7, 11) is 0. The van der Waals surface area contributed by atoms with E-state index in [2.05, 4.69) is 0 Å². The number of Topliss-reactive ketones (excluding diaryl/α,β-unsaturated/α-hetero) is 1. The van der Waals surface area contributed by atoms with E-state index >= 15 is 0 Å². The molecule has 0 bridgehead atoms. The molecular weight excluding hydrogens is 423 g/mol. The predicted octanol–water partition coefficient (Wildman–Crippen LogP) is 4.99. The van der Waals surface area contributed by atoms with Gasteiger partial charge in [-0.05, 0) is 29.7 Å². The van der Waals surface area contributed by atoms with Gasteiger partial charge in [-0.2, -0.15) is 0 Å². The van der Waals surface area contributed by atoms with Gasteiger partial charge in [-0.3, -0.25) is 9.59 Å². The molecule has 33 heavy (non-hydrogen) atoms. The molecule has 170 valence electrons. The lowest BCUT2D eigenvalue weighted by molar-refractivity contribution is -0.165. The predicted molar refractivity (Wildman–Crippen MR) is 120 cm³/mol. The van der Waals surface area contributed by atoms with Crippen LogP contribution in [0.1, 0.15) is 36.0 Å². The Hall–Kier alpha value is -3.80. The second-order valence-corrected chi connectivity index (χ2v) is 7.70. The molecule has 0 aliphatic carbocycles. The van der Waals surface area contributed by atoms with Gasteiger partial charge in [0.05, 0.1) is 0 Å². The number of carbonyl (C=O) groups is 3. The molecule has 3 rings (SSSR count). The number of hydrogen-bond acceptors (Lipinski definition) is 5. The molecule has 0 saturated carbocycles. The maximum absolute atomic E-state index is 14.7. The van der Waals surface area contributed by atoms with Crippen molar-refractivity contribution in [3.8, 4) is 0 Å². The number of esters is 2. The molecule has 3 aromatic rings. The van der Waals surface area contributed by atoms with Crippen LogP contribution in [-0.2, 0) is 37.1 Å². The number of ether oxygens (including phenoxy) is 2. The molecule has 0 heterocycles. The lowest BCUT2D eigenvalue weighted by Gasteiger charge is -2.24. The van der Waals surface area contributed by atoms with Crippen molar-refractivity contribution in [3.05, 3.63) is 107 Å². The Morgan fingerprint density at radius 1 is 0.727 bits per heavy atom. The van der Waals surface area contributed by atoms with Crippen LogP contribution in [-0.4, -0.2) is 17.7 Å². The van der Waals surface area contributed by atoms with Gasteiger partial charge in [0.1, 0.15) is 24.8 Å². The van der Waals surface area contributed by atoms with Crippen LogP contribution in [0.25, 0.3) is 0 Å². The molecule has 0 spiro atoms. The fourth-order valence-corrected chi connectivity index (χ4v) is 3.55. The Kier molecular flexibility index (Phi) is 8.47. The fraction of sp³-hybridized carbons (Fsp3) is 0.222. The number of ketones is 1. The summed E-state index contributed by atoms with van der Waals surface area (Å²) in [5.41, 5.74) is 1.55. The van der Waals surface area contributed by atoms with Crippen LogP contribution in [0.4, 0.5) is 4.39 Å². The van der Waals surface area contributed by atoms with E-state index in [1.165, 1.54) is 25.1 Å². The van der Waals surface area contributed by atoms with E-state index in [4.69, 9.17) is 9.47 Å². The van der Waals surface area contributed by atoms with E-state index in [9.17, 15) is 18.8 Å². The summed E-state index contributed by atoms with van der Waals surface area (Å²) < 4.78 is 25.5. The molecule has 0 amide bonds. The van der Waals surface area contributed by atoms with E-state index in [0.29, 0.717) is 0 Å². The summed E-state index contributed by atoms with van der Waals surface area (Å²) in [6, 6.07) is 23.7. The molecule has 3 aromatic carbocycles. The number of carbonyl (C=O) groups excluding carboxylic acids is 3. The maximum Gasteiger partial charge on any atom is 0.321 e. The van der Waals surface area contributed by atoms with Crippen molar-refractivity contribution in [3.63, 3.8) is 0 Å². The lowest BCUT2D eigenvalue weighted by Crippen LogP contribution is -2.34. The second kappa shape index (κ2) is 11.7. The highest BCUT2D eigenvalue weighted by atomic mass is 19.1. The molecule has 0 aliphatic rings. The Balaban J connectivity index is 1.88. The normalized spacial score (nSPS) is 11.6. The van der Waals surface area contributed by atoms with Gasteiger partial charge in [0.15, 0.2) is 5.92 Å². The first-order chi connectivity index (χ1) is 16.0. The summed E-state index contributed by atoms with van der Waals surface area (Å²) in [6.45, 7) is 1.20. The Morgan fingerprint density at radius 3 is 1.64 bits per heavy atom. The van der Waals surface area contributed by atoms with Crippen molar-refractivity contribution in [1.82, 2.24) is 0 Å². The number of benzene rings is 3. The van der Waals surface area contributed by atoms with E-state index in [1.807, 2.05) is 12.1 Å². The number of halogens is 1. The molecule has 0 aromatic heterocycles. The highest BCUT2D eigenvalue weighted by molar-refractivity contribution is 5.97. The molecule has 0 saturated heterocycles. The Labute approximate surface area is 192 Å². The summed E-state index contributed by atoms with van der Waals surface area (Å²) in [4.78, 5) is 38.3. The van der Waals surface area contributed by atoms with Crippen LogP contribution in [0.5, 0.6) is 0 Å². The second-order valence-electron chi connectivity index (χ2n) is 7.70. The van der Waals surface area contributed by atoms with Gasteiger partial charge in [0.2, 0.25) is 0 Å². The SMILES string of the molecule is CC(=O)C[C@@H](c1ccccc1F)C(C(=O)OCc1ccccc1)C(=O)OCc1ccccc1. The van der Waals surface area contributed by atoms with Gasteiger partial charge >= 0.3 is 11.9 Å². The fourth-order valence-electron chi connectivity index (χ4n) is 3.55. The molecule has 0 N–H and O–H groups in total. The van der Waals surface area contributed by atoms with Crippen molar-refractivity contribution >= 4 is 17.7 Å². The zero-order chi connectivity index (χ0) is 23.6. The molecular formula is C27H25FO5. The molecule has 5 nitrogen and oxygen atoms in total. The van der Waals surface area contributed by atoms with Crippen LogP contribution in [0.2, 0.25) is 0 Å². The van der Waals surface area contributed by atoms with Crippen molar-refractivity contribution < 1.29 is 28.2 Å². The third kappa shape index (κ3) is 6.84. The smallest absolute Gasteiger partial charge is 0.321 e. The largest absolute Gasteiger partial charge is 0.460 e. The van der Waals surface area contributed by atoms with E-state index < -0.39 is 29.6 Å². The minimum absolute atomic E-state index is 0.0633. The van der Waals surface area contributed by atoms with Crippen molar-refractivity contribution in [2.75, 3.05) is 0 Å². The van der Waals surface area contributed by atoms with E-state index in [0.717, 1.165) is 11.1 Å². The topological polar surface area (TPSA) is 69.7 Å². The minimum atomic E-state index is -1.50. The van der Waals surface area contributed by atoms with Gasteiger partial charge in [-0.1, -0.05) is 78.9 Å². The third-order valence-electron chi connectivity index (χ3n) is 5.17. The van der Waals surface area contributed by atoms with Crippen molar-refractivity contribution in [2.45, 2.75) is 32.5 Å². The average molecular weight is 448 g/mol. The van der Waals surface area contributed by atoms with Crippen LogP contribution < -0.4 is 0 Å². The van der Waals surface area contributed by atoms with Crippen LogP contribution >= 0.6 is 0 Å². The molecule has 6 heteroatoms. The van der Waals surface area contributed by atoms with Gasteiger partial charge < -0.3 is 14.3 Å². The van der Waals surface area contributed by atoms with Crippen LogP contribution in [0, 0.1) is 11.7 Å². The van der Waals surface area contributed by atoms with E-state index in [-0.39, 0.29) is 31.0 Å². The van der Waals surface area contributed by atoms with Gasteiger partial charge in [0, 0.05) is 12.3 Å². The number of hydrogen-bond donors (Lipinski definition) is 0. The minimum Gasteiger partial charge on any atom is -0.460 e. The molecule has 1 atom stereocenters. The summed E-state index contributed by atoms with van der Waals surface area (Å²) in [5, 5.41) is 0. The van der Waals surface area contributed by atoms with E-state index in [1.54, 1.807) is 54.6 Å². The lowest BCUT2D eigenvalue weighted by atomic mass is 9.82. The van der Waals surface area contributed by atoms with Crippen molar-refractivity contribution in [2.24, 2.45) is 5.92 Å². The standard InChI is InChI=1S/C27H25FO5/c1-19(29)16-23(22-14-8-9-15-24(22)28)25(26(30)32-17-20-10-4-2-5-11-20)27(31)33-18-21-12-6-3-7-13-21/h2-15,23,25H,16-18H2,1H3/t23-/m0/s1. The summed E-state index contributed by atoms with van der Waals surface area (Å²) in [5.74, 6) is -5.20. The Bertz CT molecular complexity index is 1030. The highest BCUT2D eigenvalue weighted by Crippen LogP contribution is 2.33. The van der Waals surface area contributed by atoms with Crippen LogP contribution in [0.3, 0.4) is 0 Å². The molecule has 0 fully saturated rings. The highest BCUT2D eigenvalue weighted by Gasteiger charge is 2.40. The molecule has 0 aliphatic heterocycles. The quantitative estimate of drug-likeness (QED) is 0.323. The van der Waals surface area contributed by atoms with Gasteiger partial charge in [-0.15, -0.1) is 0 Å². The van der Waals surface area contributed by atoms with Crippen molar-refractivity contribution in [1.29, 1.82) is 0 Å². The monoisotopic (exact) mass is 448 g/mol. The summed E-state index contributed by atoms with van der Waals surface area (Å²) in [6.07, 6.45) is -0.216. The molecule has 0 unspecified atom stereocenters. The van der Waals surface area contributed by atoms with Gasteiger partial charge in [-0.25, -0.2) is 4.39 Å². The number of rotatable bonds is 10. The first-order valence-electron chi connectivity index (χ1n) is 10.6. The first kappa shape index (κ1) is 23.9. The van der Waals surface area contributed by atoms with Crippen LogP contribution in [0.15, 0.2) is 84.9 Å². The average Bonchev–Trinajstić information content (AvgIpc) is 2.82. The maximum atomic E-state index is 14.7. The Morgan fingerprint density at radius 2 is 1.18 bits per heavy atom. The zero-order valence-corrected chi connectivity index (χ0v) is 18.3. The summed E-state index contributed by atoms with van der Waals surface area (Å²) >= 11 is 0. The first-order valence-corrected chi connectivity index (χ1v) is 10.6. The molecule has 0 radical (unpaired) electrons. The zero-order valence-electron chi connectivity index (χ0n) is 18.3. The third-order valence-corrected chi connectivity index (χ3v) is 5.17.